The molecule has 0 saturated carbocycles. The van der Waals surface area contributed by atoms with Crippen molar-refractivity contribution in [2.45, 2.75) is 26.3 Å². The zero-order valence-electron chi connectivity index (χ0n) is 9.77. The highest BCUT2D eigenvalue weighted by molar-refractivity contribution is 7.94. The summed E-state index contributed by atoms with van der Waals surface area (Å²) in [4.78, 5) is 0. The summed E-state index contributed by atoms with van der Waals surface area (Å²) in [5, 5.41) is 1.25. The van der Waals surface area contributed by atoms with E-state index in [1.54, 1.807) is 0 Å². The summed E-state index contributed by atoms with van der Waals surface area (Å²) < 4.78 is 7.72. The van der Waals surface area contributed by atoms with Crippen LogP contribution in [0.4, 0.5) is 0 Å². The molecule has 16 heavy (non-hydrogen) atoms. The number of unbranched alkanes of at least 4 members (excludes halogenated alkanes) is 1. The van der Waals surface area contributed by atoms with Crippen molar-refractivity contribution in [3.05, 3.63) is 30.5 Å². The number of benzene rings is 1. The van der Waals surface area contributed by atoms with Crippen LogP contribution in [0, 0.1) is 0 Å². The molecular formula is C13H17NOS. The van der Waals surface area contributed by atoms with Crippen LogP contribution in [0.2, 0.25) is 0 Å². The van der Waals surface area contributed by atoms with E-state index in [0.717, 1.165) is 12.3 Å². The van der Waals surface area contributed by atoms with E-state index in [0.29, 0.717) is 0 Å². The second-order valence-corrected chi connectivity index (χ2v) is 4.33. The molecule has 0 radical (unpaired) electrons. The van der Waals surface area contributed by atoms with Crippen molar-refractivity contribution < 1.29 is 4.18 Å². The SMILES string of the molecule is CCCCn1ccc2cc(OSC)ccc21. The number of rotatable bonds is 5. The van der Waals surface area contributed by atoms with Gasteiger partial charge in [0.2, 0.25) is 0 Å². The lowest BCUT2D eigenvalue weighted by molar-refractivity contribution is 0.646. The van der Waals surface area contributed by atoms with Gasteiger partial charge >= 0.3 is 0 Å². The van der Waals surface area contributed by atoms with Crippen molar-refractivity contribution in [3.63, 3.8) is 0 Å². The molecule has 0 unspecified atom stereocenters. The van der Waals surface area contributed by atoms with Crippen molar-refractivity contribution in [1.29, 1.82) is 0 Å². The van der Waals surface area contributed by atoms with E-state index in [1.165, 1.54) is 35.8 Å². The summed E-state index contributed by atoms with van der Waals surface area (Å²) >= 11 is 1.38. The molecule has 0 aliphatic heterocycles. The first kappa shape index (κ1) is 11.4. The second kappa shape index (κ2) is 5.30. The first-order chi connectivity index (χ1) is 7.85. The largest absolute Gasteiger partial charge is 0.426 e. The number of aryl methyl sites for hydroxylation is 1. The Hall–Kier alpha value is -1.09. The molecule has 0 amide bonds. The maximum absolute atomic E-state index is 5.41. The van der Waals surface area contributed by atoms with Crippen molar-refractivity contribution in [2.24, 2.45) is 0 Å². The molecule has 0 spiro atoms. The Kier molecular flexibility index (Phi) is 3.78. The molecule has 2 rings (SSSR count). The molecule has 2 aromatic rings. The topological polar surface area (TPSA) is 14.2 Å². The van der Waals surface area contributed by atoms with E-state index in [9.17, 15) is 0 Å². The molecule has 0 bridgehead atoms. The van der Waals surface area contributed by atoms with E-state index >= 15 is 0 Å². The third kappa shape index (κ3) is 2.35. The minimum Gasteiger partial charge on any atom is -0.426 e. The highest BCUT2D eigenvalue weighted by Crippen LogP contribution is 2.24. The molecule has 1 heterocycles. The minimum atomic E-state index is 0.924. The van der Waals surface area contributed by atoms with Gasteiger partial charge in [-0.2, -0.15) is 0 Å². The molecule has 0 aliphatic rings. The van der Waals surface area contributed by atoms with Crippen LogP contribution in [0.5, 0.6) is 5.75 Å². The summed E-state index contributed by atoms with van der Waals surface area (Å²) in [5.41, 5.74) is 1.29. The molecule has 86 valence electrons. The van der Waals surface area contributed by atoms with Crippen molar-refractivity contribution >= 4 is 22.9 Å². The Balaban J connectivity index is 2.27. The monoisotopic (exact) mass is 235 g/mol. The van der Waals surface area contributed by atoms with E-state index in [-0.39, 0.29) is 0 Å². The molecule has 0 saturated heterocycles. The molecule has 1 aromatic carbocycles. The summed E-state index contributed by atoms with van der Waals surface area (Å²) in [6, 6.07) is 8.41. The Labute approximate surface area is 101 Å². The number of aromatic nitrogens is 1. The number of hydrogen-bond donors (Lipinski definition) is 0. The lowest BCUT2D eigenvalue weighted by Crippen LogP contribution is -1.94. The molecule has 0 fully saturated rings. The summed E-state index contributed by atoms with van der Waals surface area (Å²) in [7, 11) is 0. The lowest BCUT2D eigenvalue weighted by atomic mass is 10.2. The van der Waals surface area contributed by atoms with Crippen molar-refractivity contribution in [1.82, 2.24) is 4.57 Å². The molecule has 0 N–H and O–H groups in total. The summed E-state index contributed by atoms with van der Waals surface area (Å²) in [6.07, 6.45) is 6.54. The molecule has 0 atom stereocenters. The smallest absolute Gasteiger partial charge is 0.138 e. The second-order valence-electron chi connectivity index (χ2n) is 3.83. The van der Waals surface area contributed by atoms with E-state index in [2.05, 4.69) is 35.9 Å². The third-order valence-electron chi connectivity index (χ3n) is 2.67. The van der Waals surface area contributed by atoms with Crippen LogP contribution in [0.25, 0.3) is 10.9 Å². The van der Waals surface area contributed by atoms with E-state index in [1.807, 2.05) is 12.3 Å². The van der Waals surface area contributed by atoms with Gasteiger partial charge < -0.3 is 8.75 Å². The Morgan fingerprint density at radius 3 is 2.94 bits per heavy atom. The Morgan fingerprint density at radius 2 is 2.19 bits per heavy atom. The average molecular weight is 235 g/mol. The van der Waals surface area contributed by atoms with Crippen LogP contribution in [-0.4, -0.2) is 10.8 Å². The van der Waals surface area contributed by atoms with Crippen LogP contribution >= 0.6 is 12.0 Å². The van der Waals surface area contributed by atoms with Gasteiger partial charge in [-0.15, -0.1) is 0 Å². The summed E-state index contributed by atoms with van der Waals surface area (Å²) in [6.45, 7) is 3.32. The molecule has 0 aliphatic carbocycles. The van der Waals surface area contributed by atoms with Gasteiger partial charge in [0, 0.05) is 29.9 Å². The molecule has 1 aromatic heterocycles. The standard InChI is InChI=1S/C13H17NOS/c1-3-4-8-14-9-7-11-10-12(15-16-2)5-6-13(11)14/h5-7,9-10H,3-4,8H2,1-2H3. The third-order valence-corrected chi connectivity index (χ3v) is 3.03. The molecular weight excluding hydrogens is 218 g/mol. The number of fused-ring (bicyclic) bond motifs is 1. The fourth-order valence-electron chi connectivity index (χ4n) is 1.85. The first-order valence-corrected chi connectivity index (χ1v) is 6.79. The maximum Gasteiger partial charge on any atom is 0.138 e. The van der Waals surface area contributed by atoms with Gasteiger partial charge in [-0.1, -0.05) is 13.3 Å². The van der Waals surface area contributed by atoms with Gasteiger partial charge in [0.15, 0.2) is 0 Å². The van der Waals surface area contributed by atoms with Gasteiger partial charge in [-0.3, -0.25) is 0 Å². The van der Waals surface area contributed by atoms with Gasteiger partial charge in [0.25, 0.3) is 0 Å². The Bertz CT molecular complexity index is 464. The summed E-state index contributed by atoms with van der Waals surface area (Å²) in [5.74, 6) is 0.924. The average Bonchev–Trinajstić information content (AvgIpc) is 2.69. The quantitative estimate of drug-likeness (QED) is 0.724. The van der Waals surface area contributed by atoms with Crippen LogP contribution in [0.3, 0.4) is 0 Å². The fraction of sp³-hybridized carbons (Fsp3) is 0.385. The van der Waals surface area contributed by atoms with Crippen LogP contribution in [0.1, 0.15) is 19.8 Å². The molecule has 3 heteroatoms. The van der Waals surface area contributed by atoms with Crippen LogP contribution in [0.15, 0.2) is 30.5 Å². The predicted octanol–water partition coefficient (Wildman–Crippen LogP) is 4.10. The van der Waals surface area contributed by atoms with Crippen molar-refractivity contribution in [3.8, 4) is 5.75 Å². The Morgan fingerprint density at radius 1 is 1.31 bits per heavy atom. The van der Waals surface area contributed by atoms with Gasteiger partial charge in [0.05, 0.1) is 12.0 Å². The number of nitrogens with zero attached hydrogens (tertiary/aromatic N) is 1. The maximum atomic E-state index is 5.41. The van der Waals surface area contributed by atoms with Crippen molar-refractivity contribution in [2.75, 3.05) is 6.26 Å². The highest BCUT2D eigenvalue weighted by Gasteiger charge is 2.02. The zero-order valence-corrected chi connectivity index (χ0v) is 10.6. The normalized spacial score (nSPS) is 10.9. The minimum absolute atomic E-state index is 0.924. The zero-order chi connectivity index (χ0) is 11.4. The van der Waals surface area contributed by atoms with E-state index < -0.39 is 0 Å². The van der Waals surface area contributed by atoms with Crippen LogP contribution < -0.4 is 4.18 Å². The van der Waals surface area contributed by atoms with Gasteiger partial charge in [0.1, 0.15) is 5.75 Å². The number of hydrogen-bond acceptors (Lipinski definition) is 2. The van der Waals surface area contributed by atoms with Crippen LogP contribution in [-0.2, 0) is 6.54 Å². The molecule has 2 nitrogen and oxygen atoms in total. The van der Waals surface area contributed by atoms with E-state index in [4.69, 9.17) is 4.18 Å². The van der Waals surface area contributed by atoms with Gasteiger partial charge in [-0.25, -0.2) is 0 Å². The highest BCUT2D eigenvalue weighted by atomic mass is 32.2. The predicted molar refractivity (Wildman–Crippen MR) is 71.0 cm³/mol. The van der Waals surface area contributed by atoms with Gasteiger partial charge in [-0.05, 0) is 30.7 Å². The first-order valence-electron chi connectivity index (χ1n) is 5.64. The lowest BCUT2D eigenvalue weighted by Gasteiger charge is -2.05. The fourth-order valence-corrected chi connectivity index (χ4v) is 2.15.